The average Bonchev–Trinajstić information content (AvgIpc) is 2.89. The molecule has 0 spiro atoms. The van der Waals surface area contributed by atoms with Crippen molar-refractivity contribution in [1.82, 2.24) is 4.57 Å². The van der Waals surface area contributed by atoms with Crippen LogP contribution in [0.1, 0.15) is 62.9 Å². The Morgan fingerprint density at radius 2 is 2.17 bits per heavy atom. The zero-order chi connectivity index (χ0) is 16.9. The van der Waals surface area contributed by atoms with Crippen LogP contribution < -0.4 is 4.90 Å². The lowest BCUT2D eigenvalue weighted by Crippen LogP contribution is -3.13. The van der Waals surface area contributed by atoms with Crippen LogP contribution >= 0.6 is 0 Å². The lowest BCUT2D eigenvalue weighted by Gasteiger charge is -2.36. The third-order valence-corrected chi connectivity index (χ3v) is 6.04. The van der Waals surface area contributed by atoms with Crippen molar-refractivity contribution in [3.8, 4) is 6.07 Å². The number of benzene rings is 1. The van der Waals surface area contributed by atoms with Crippen LogP contribution in [0.4, 0.5) is 0 Å². The lowest BCUT2D eigenvalue weighted by atomic mass is 9.85. The Balaban J connectivity index is 1.85. The molecule has 3 heteroatoms. The SMILES string of the molecule is CC(C)(C)c1ccc2c(c1)c1c3n2CC[NH+](CCC#N)[C@H]3CCC1. The zero-order valence-corrected chi connectivity index (χ0v) is 15.2. The summed E-state index contributed by atoms with van der Waals surface area (Å²) in [5.41, 5.74) is 6.24. The van der Waals surface area contributed by atoms with Gasteiger partial charge in [-0.3, -0.25) is 0 Å². The maximum absolute atomic E-state index is 8.97. The largest absolute Gasteiger partial charge is 0.334 e. The van der Waals surface area contributed by atoms with E-state index in [1.165, 1.54) is 35.7 Å². The zero-order valence-electron chi connectivity index (χ0n) is 15.2. The molecule has 0 amide bonds. The van der Waals surface area contributed by atoms with Gasteiger partial charge in [-0.15, -0.1) is 0 Å². The molecule has 1 N–H and O–H groups in total. The summed E-state index contributed by atoms with van der Waals surface area (Å²) in [6.45, 7) is 10.1. The Morgan fingerprint density at radius 3 is 2.92 bits per heavy atom. The third-order valence-electron chi connectivity index (χ3n) is 6.04. The van der Waals surface area contributed by atoms with Crippen LogP contribution in [0.5, 0.6) is 0 Å². The van der Waals surface area contributed by atoms with E-state index in [9.17, 15) is 0 Å². The van der Waals surface area contributed by atoms with E-state index in [0.717, 1.165) is 19.6 Å². The van der Waals surface area contributed by atoms with Crippen LogP contribution in [0.15, 0.2) is 18.2 Å². The summed E-state index contributed by atoms with van der Waals surface area (Å²) < 4.78 is 2.59. The molecule has 3 nitrogen and oxygen atoms in total. The van der Waals surface area contributed by atoms with Crippen molar-refractivity contribution in [2.24, 2.45) is 0 Å². The monoisotopic (exact) mass is 322 g/mol. The summed E-state index contributed by atoms with van der Waals surface area (Å²) in [4.78, 5) is 1.63. The van der Waals surface area contributed by atoms with E-state index in [1.807, 2.05) is 0 Å². The second-order valence-corrected chi connectivity index (χ2v) is 8.51. The maximum atomic E-state index is 8.97. The van der Waals surface area contributed by atoms with Gasteiger partial charge in [0, 0.05) is 17.3 Å². The first kappa shape index (κ1) is 15.7. The van der Waals surface area contributed by atoms with Gasteiger partial charge in [0.1, 0.15) is 6.04 Å². The van der Waals surface area contributed by atoms with E-state index in [4.69, 9.17) is 5.26 Å². The number of aromatic nitrogens is 1. The van der Waals surface area contributed by atoms with Crippen LogP contribution in [0.3, 0.4) is 0 Å². The number of hydrogen-bond donors (Lipinski definition) is 1. The fourth-order valence-corrected chi connectivity index (χ4v) is 4.77. The van der Waals surface area contributed by atoms with Gasteiger partial charge in [0.05, 0.1) is 37.8 Å². The summed E-state index contributed by atoms with van der Waals surface area (Å²) in [6, 6.07) is 10.1. The molecule has 2 aliphatic rings. The molecule has 0 bridgehead atoms. The van der Waals surface area contributed by atoms with Gasteiger partial charge >= 0.3 is 0 Å². The molecule has 2 atom stereocenters. The summed E-state index contributed by atoms with van der Waals surface area (Å²) >= 11 is 0. The van der Waals surface area contributed by atoms with Crippen molar-refractivity contribution < 1.29 is 4.90 Å². The van der Waals surface area contributed by atoms with Crippen molar-refractivity contribution >= 4 is 10.9 Å². The minimum absolute atomic E-state index is 0.196. The number of fused-ring (bicyclic) bond motifs is 3. The first-order chi connectivity index (χ1) is 11.5. The third kappa shape index (κ3) is 2.36. The van der Waals surface area contributed by atoms with Gasteiger partial charge < -0.3 is 9.47 Å². The Labute approximate surface area is 144 Å². The predicted molar refractivity (Wildman–Crippen MR) is 97.2 cm³/mol. The Kier molecular flexibility index (Phi) is 3.69. The van der Waals surface area contributed by atoms with Crippen LogP contribution in [-0.2, 0) is 18.4 Å². The van der Waals surface area contributed by atoms with Gasteiger partial charge in [0.2, 0.25) is 0 Å². The Bertz CT molecular complexity index is 816. The highest BCUT2D eigenvalue weighted by Gasteiger charge is 2.37. The second-order valence-electron chi connectivity index (χ2n) is 8.51. The molecular weight excluding hydrogens is 294 g/mol. The molecule has 0 fully saturated rings. The first-order valence-corrected chi connectivity index (χ1v) is 9.37. The summed E-state index contributed by atoms with van der Waals surface area (Å²) in [6.07, 6.45) is 4.45. The van der Waals surface area contributed by atoms with Crippen molar-refractivity contribution in [2.75, 3.05) is 13.1 Å². The molecule has 1 unspecified atom stereocenters. The van der Waals surface area contributed by atoms with E-state index >= 15 is 0 Å². The van der Waals surface area contributed by atoms with Crippen LogP contribution in [0.25, 0.3) is 10.9 Å². The fraction of sp³-hybridized carbons (Fsp3) is 0.571. The van der Waals surface area contributed by atoms with Crippen LogP contribution in [-0.4, -0.2) is 17.7 Å². The highest BCUT2D eigenvalue weighted by Crippen LogP contribution is 2.39. The summed E-state index contributed by atoms with van der Waals surface area (Å²) in [7, 11) is 0. The minimum atomic E-state index is 0.196. The van der Waals surface area contributed by atoms with Crippen LogP contribution in [0, 0.1) is 11.3 Å². The minimum Gasteiger partial charge on any atom is -0.334 e. The Hall–Kier alpha value is -1.79. The van der Waals surface area contributed by atoms with Gasteiger partial charge in [0.15, 0.2) is 0 Å². The smallest absolute Gasteiger partial charge is 0.129 e. The average molecular weight is 322 g/mol. The molecule has 126 valence electrons. The molecule has 1 aliphatic heterocycles. The van der Waals surface area contributed by atoms with E-state index < -0.39 is 0 Å². The number of nitrogens with one attached hydrogen (secondary N) is 1. The number of aryl methyl sites for hydroxylation is 1. The van der Waals surface area contributed by atoms with Crippen molar-refractivity contribution in [3.63, 3.8) is 0 Å². The Morgan fingerprint density at radius 1 is 1.33 bits per heavy atom. The molecule has 1 aromatic heterocycles. The van der Waals surface area contributed by atoms with Crippen LogP contribution in [0.2, 0.25) is 0 Å². The fourth-order valence-electron chi connectivity index (χ4n) is 4.77. The van der Waals surface area contributed by atoms with E-state index in [1.54, 1.807) is 16.2 Å². The van der Waals surface area contributed by atoms with E-state index in [2.05, 4.69) is 49.6 Å². The van der Waals surface area contributed by atoms with Crippen molar-refractivity contribution in [1.29, 1.82) is 5.26 Å². The molecule has 4 rings (SSSR count). The van der Waals surface area contributed by atoms with Gasteiger partial charge in [0.25, 0.3) is 0 Å². The molecule has 0 radical (unpaired) electrons. The highest BCUT2D eigenvalue weighted by atomic mass is 15.2. The highest BCUT2D eigenvalue weighted by molar-refractivity contribution is 5.87. The molecule has 2 heterocycles. The van der Waals surface area contributed by atoms with Gasteiger partial charge in [-0.25, -0.2) is 0 Å². The molecule has 1 aliphatic carbocycles. The molecular formula is C21H28N3+. The first-order valence-electron chi connectivity index (χ1n) is 9.37. The number of quaternary nitrogens is 1. The van der Waals surface area contributed by atoms with Gasteiger partial charge in [-0.2, -0.15) is 5.26 Å². The van der Waals surface area contributed by atoms with Gasteiger partial charge in [-0.05, 0) is 41.5 Å². The molecule has 0 saturated heterocycles. The topological polar surface area (TPSA) is 33.2 Å². The quantitative estimate of drug-likeness (QED) is 0.905. The lowest BCUT2D eigenvalue weighted by molar-refractivity contribution is -0.936. The van der Waals surface area contributed by atoms with E-state index in [0.29, 0.717) is 12.5 Å². The number of hydrogen-bond acceptors (Lipinski definition) is 1. The number of nitriles is 1. The van der Waals surface area contributed by atoms with E-state index in [-0.39, 0.29) is 5.41 Å². The predicted octanol–water partition coefficient (Wildman–Crippen LogP) is 3.13. The van der Waals surface area contributed by atoms with Crippen molar-refractivity contribution in [2.45, 2.75) is 64.5 Å². The normalized spacial score (nSPS) is 23.1. The second kappa shape index (κ2) is 5.63. The maximum Gasteiger partial charge on any atom is 0.129 e. The standard InChI is InChI=1S/C21H27N3/c1-21(2,3)15-8-9-18-17(14-15)16-6-4-7-19-20(16)24(18)13-12-23(19)11-5-10-22/h8-9,14,19H,4-7,11-13H2,1-3H3/p+1/t19-/m0/s1. The molecule has 24 heavy (non-hydrogen) atoms. The summed E-state index contributed by atoms with van der Waals surface area (Å²) in [5.74, 6) is 0. The molecule has 1 aromatic carbocycles. The number of rotatable bonds is 2. The molecule has 0 saturated carbocycles. The summed E-state index contributed by atoms with van der Waals surface area (Å²) in [5, 5.41) is 10.5. The van der Waals surface area contributed by atoms with Gasteiger partial charge in [-0.1, -0.05) is 26.8 Å². The molecule has 2 aromatic rings. The number of nitrogens with zero attached hydrogens (tertiary/aromatic N) is 2. The van der Waals surface area contributed by atoms with Crippen molar-refractivity contribution in [3.05, 3.63) is 35.0 Å².